The second-order valence-electron chi connectivity index (χ2n) is 9.17. The number of amides is 1. The molecule has 0 unspecified atom stereocenters. The van der Waals surface area contributed by atoms with Gasteiger partial charge in [0.05, 0.1) is 16.8 Å². The van der Waals surface area contributed by atoms with Crippen LogP contribution in [-0.4, -0.2) is 47.9 Å². The van der Waals surface area contributed by atoms with E-state index in [0.717, 1.165) is 30.3 Å². The fourth-order valence-electron chi connectivity index (χ4n) is 4.33. The predicted octanol–water partition coefficient (Wildman–Crippen LogP) is 3.54. The van der Waals surface area contributed by atoms with Crippen molar-refractivity contribution in [3.63, 3.8) is 0 Å². The van der Waals surface area contributed by atoms with E-state index in [1.54, 1.807) is 47.5 Å². The molecule has 4 aromatic rings. The molecule has 2 saturated carbocycles. The molecular formula is C25H23FN6O2. The van der Waals surface area contributed by atoms with Crippen LogP contribution >= 0.6 is 0 Å². The number of hydrogen-bond acceptors (Lipinski definition) is 6. The van der Waals surface area contributed by atoms with E-state index in [1.165, 1.54) is 6.07 Å². The number of hydrogen-bond donors (Lipinski definition) is 2. The number of aliphatic hydroxyl groups is 1. The van der Waals surface area contributed by atoms with E-state index in [9.17, 15) is 14.3 Å². The molecule has 0 spiro atoms. The summed E-state index contributed by atoms with van der Waals surface area (Å²) in [7, 11) is 0. The average Bonchev–Trinajstić information content (AvgIpc) is 3.62. The van der Waals surface area contributed by atoms with Gasteiger partial charge in [-0.25, -0.2) is 14.4 Å². The number of nitrogens with one attached hydrogen (secondary N) is 1. The van der Waals surface area contributed by atoms with Crippen LogP contribution in [0.3, 0.4) is 0 Å². The van der Waals surface area contributed by atoms with Gasteiger partial charge < -0.3 is 10.4 Å². The Bertz CT molecular complexity index is 1390. The first-order valence-corrected chi connectivity index (χ1v) is 11.5. The van der Waals surface area contributed by atoms with E-state index in [-0.39, 0.29) is 24.0 Å². The molecule has 6 rings (SSSR count). The highest BCUT2D eigenvalue weighted by molar-refractivity contribution is 5.96. The minimum absolute atomic E-state index is 0.207. The molecule has 0 atom stereocenters. The van der Waals surface area contributed by atoms with Gasteiger partial charge in [-0.15, -0.1) is 0 Å². The van der Waals surface area contributed by atoms with Crippen LogP contribution in [-0.2, 0) is 0 Å². The Kier molecular flexibility index (Phi) is 4.88. The maximum absolute atomic E-state index is 14.2. The van der Waals surface area contributed by atoms with E-state index in [0.29, 0.717) is 41.4 Å². The van der Waals surface area contributed by atoms with Crippen LogP contribution in [0.15, 0.2) is 48.9 Å². The molecule has 0 radical (unpaired) electrons. The SMILES string of the molecule is O=C(NCC1(O)CCC1)c1cc2c(cn1)c(C1CC1)nn2-c1ncc(-c2ccccc2F)cn1. The lowest BCUT2D eigenvalue weighted by Gasteiger charge is -2.36. The molecule has 2 fully saturated rings. The van der Waals surface area contributed by atoms with Crippen molar-refractivity contribution >= 4 is 16.8 Å². The molecule has 2 N–H and O–H groups in total. The second kappa shape index (κ2) is 7.95. The Morgan fingerprint density at radius 2 is 1.91 bits per heavy atom. The summed E-state index contributed by atoms with van der Waals surface area (Å²) in [6.45, 7) is 0.207. The van der Waals surface area contributed by atoms with Gasteiger partial charge in [-0.1, -0.05) is 18.2 Å². The summed E-state index contributed by atoms with van der Waals surface area (Å²) in [6, 6.07) is 8.16. The van der Waals surface area contributed by atoms with Crippen LogP contribution in [0.4, 0.5) is 4.39 Å². The number of benzene rings is 1. The van der Waals surface area contributed by atoms with Crippen molar-refractivity contribution < 1.29 is 14.3 Å². The maximum Gasteiger partial charge on any atom is 0.270 e. The zero-order chi connectivity index (χ0) is 23.3. The Morgan fingerprint density at radius 1 is 1.15 bits per heavy atom. The molecule has 172 valence electrons. The highest BCUT2D eigenvalue weighted by atomic mass is 19.1. The smallest absolute Gasteiger partial charge is 0.270 e. The van der Waals surface area contributed by atoms with Crippen LogP contribution < -0.4 is 5.32 Å². The van der Waals surface area contributed by atoms with Gasteiger partial charge in [0.15, 0.2) is 0 Å². The molecule has 3 aromatic heterocycles. The number of pyridine rings is 1. The quantitative estimate of drug-likeness (QED) is 0.458. The number of fused-ring (bicyclic) bond motifs is 1. The number of carbonyl (C=O) groups excluding carboxylic acids is 1. The lowest BCUT2D eigenvalue weighted by atomic mass is 9.80. The standard InChI is InChI=1S/C25H23FN6O2/c26-19-5-2-1-4-17(19)16-11-28-24(29-12-16)32-21-10-20(23(33)30-14-25(34)8-3-9-25)27-13-18(21)22(31-32)15-6-7-15/h1-2,4-5,10-13,15,34H,3,6-9,14H2,(H,30,33). The minimum atomic E-state index is -0.811. The predicted molar refractivity (Wildman–Crippen MR) is 123 cm³/mol. The molecule has 8 nitrogen and oxygen atoms in total. The number of rotatable bonds is 6. The summed E-state index contributed by atoms with van der Waals surface area (Å²) in [5, 5.41) is 18.7. The number of halogens is 1. The van der Waals surface area contributed by atoms with Crippen molar-refractivity contribution in [2.24, 2.45) is 0 Å². The zero-order valence-electron chi connectivity index (χ0n) is 18.4. The van der Waals surface area contributed by atoms with Crippen LogP contribution in [0, 0.1) is 5.82 Å². The summed E-state index contributed by atoms with van der Waals surface area (Å²) in [5.74, 6) is 0.000526. The number of aromatic nitrogens is 5. The summed E-state index contributed by atoms with van der Waals surface area (Å²) in [6.07, 6.45) is 9.27. The largest absolute Gasteiger partial charge is 0.388 e. The zero-order valence-corrected chi connectivity index (χ0v) is 18.4. The van der Waals surface area contributed by atoms with Gasteiger partial charge in [-0.05, 0) is 44.2 Å². The topological polar surface area (TPSA) is 106 Å². The molecule has 1 aromatic carbocycles. The van der Waals surface area contributed by atoms with E-state index < -0.39 is 5.60 Å². The van der Waals surface area contributed by atoms with E-state index >= 15 is 0 Å². The van der Waals surface area contributed by atoms with Crippen molar-refractivity contribution in [1.82, 2.24) is 30.0 Å². The van der Waals surface area contributed by atoms with E-state index in [4.69, 9.17) is 5.10 Å². The first-order valence-electron chi connectivity index (χ1n) is 11.5. The molecule has 0 bridgehead atoms. The Balaban J connectivity index is 1.35. The third-order valence-electron chi connectivity index (χ3n) is 6.67. The fraction of sp³-hybridized carbons (Fsp3) is 0.320. The van der Waals surface area contributed by atoms with Crippen molar-refractivity contribution in [2.45, 2.75) is 43.6 Å². The van der Waals surface area contributed by atoms with Gasteiger partial charge >= 0.3 is 0 Å². The summed E-state index contributed by atoms with van der Waals surface area (Å²) < 4.78 is 15.8. The van der Waals surface area contributed by atoms with Crippen LogP contribution in [0.2, 0.25) is 0 Å². The third kappa shape index (κ3) is 3.71. The van der Waals surface area contributed by atoms with E-state index in [1.807, 2.05) is 0 Å². The van der Waals surface area contributed by atoms with Crippen molar-refractivity contribution in [1.29, 1.82) is 0 Å². The van der Waals surface area contributed by atoms with Gasteiger partial charge in [-0.2, -0.15) is 9.78 Å². The molecule has 34 heavy (non-hydrogen) atoms. The normalized spacial score (nSPS) is 16.9. The second-order valence-corrected chi connectivity index (χ2v) is 9.17. The van der Waals surface area contributed by atoms with Gasteiger partial charge in [0.1, 0.15) is 11.5 Å². The van der Waals surface area contributed by atoms with Crippen LogP contribution in [0.25, 0.3) is 28.0 Å². The first-order chi connectivity index (χ1) is 16.5. The minimum Gasteiger partial charge on any atom is -0.388 e. The Hall–Kier alpha value is -3.72. The average molecular weight is 458 g/mol. The molecule has 0 saturated heterocycles. The van der Waals surface area contributed by atoms with Crippen molar-refractivity contribution in [3.8, 4) is 17.1 Å². The lowest BCUT2D eigenvalue weighted by Crippen LogP contribution is -2.47. The summed E-state index contributed by atoms with van der Waals surface area (Å²) in [5.41, 5.74) is 2.02. The van der Waals surface area contributed by atoms with Crippen molar-refractivity contribution in [3.05, 3.63) is 66.1 Å². The molecular weight excluding hydrogens is 435 g/mol. The first kappa shape index (κ1) is 20.9. The Morgan fingerprint density at radius 3 is 2.59 bits per heavy atom. The highest BCUT2D eigenvalue weighted by Gasteiger charge is 2.35. The summed E-state index contributed by atoms with van der Waals surface area (Å²) in [4.78, 5) is 26.0. The molecule has 9 heteroatoms. The fourth-order valence-corrected chi connectivity index (χ4v) is 4.33. The van der Waals surface area contributed by atoms with E-state index in [2.05, 4.69) is 20.3 Å². The maximum atomic E-state index is 14.2. The molecule has 2 aliphatic carbocycles. The van der Waals surface area contributed by atoms with Gasteiger partial charge in [0.25, 0.3) is 11.9 Å². The van der Waals surface area contributed by atoms with Crippen LogP contribution in [0.1, 0.15) is 54.2 Å². The van der Waals surface area contributed by atoms with Crippen molar-refractivity contribution in [2.75, 3.05) is 6.54 Å². The third-order valence-corrected chi connectivity index (χ3v) is 6.67. The lowest BCUT2D eigenvalue weighted by molar-refractivity contribution is -0.0300. The van der Waals surface area contributed by atoms with Crippen LogP contribution in [0.5, 0.6) is 0 Å². The Labute approximate surface area is 194 Å². The summed E-state index contributed by atoms with van der Waals surface area (Å²) >= 11 is 0. The van der Waals surface area contributed by atoms with Gasteiger partial charge in [0.2, 0.25) is 0 Å². The molecule has 2 aliphatic rings. The van der Waals surface area contributed by atoms with Gasteiger partial charge in [-0.3, -0.25) is 9.78 Å². The van der Waals surface area contributed by atoms with Gasteiger partial charge in [0, 0.05) is 47.6 Å². The molecule has 1 amide bonds. The molecule has 0 aliphatic heterocycles. The monoisotopic (exact) mass is 458 g/mol. The molecule has 3 heterocycles. The highest BCUT2D eigenvalue weighted by Crippen LogP contribution is 2.42. The number of carbonyl (C=O) groups is 1. The number of nitrogens with zero attached hydrogens (tertiary/aromatic N) is 5.